The van der Waals surface area contributed by atoms with E-state index in [4.69, 9.17) is 25.8 Å². The maximum Gasteiger partial charge on any atom is 0.412 e. The van der Waals surface area contributed by atoms with E-state index in [0.29, 0.717) is 42.4 Å². The van der Waals surface area contributed by atoms with Gasteiger partial charge in [0.05, 0.1) is 0 Å². The van der Waals surface area contributed by atoms with Crippen molar-refractivity contribution >= 4 is 29.6 Å². The van der Waals surface area contributed by atoms with E-state index >= 15 is 0 Å². The summed E-state index contributed by atoms with van der Waals surface area (Å²) in [6, 6.07) is 13.9. The van der Waals surface area contributed by atoms with Crippen molar-refractivity contribution in [1.29, 1.82) is 0 Å². The number of ether oxygens (including phenoxy) is 3. The summed E-state index contributed by atoms with van der Waals surface area (Å²) in [5.74, 6) is -0.312. The Bertz CT molecular complexity index is 1000. The van der Waals surface area contributed by atoms with Gasteiger partial charge in [0.15, 0.2) is 5.60 Å². The van der Waals surface area contributed by atoms with Crippen molar-refractivity contribution in [3.8, 4) is 5.75 Å². The molecular weight excluding hydrogens is 472 g/mol. The molecule has 2 amide bonds. The van der Waals surface area contributed by atoms with E-state index in [2.05, 4.69) is 5.32 Å². The minimum absolute atomic E-state index is 0.163. The van der Waals surface area contributed by atoms with Crippen LogP contribution in [0.3, 0.4) is 0 Å². The fourth-order valence-corrected chi connectivity index (χ4v) is 3.69. The second-order valence-electron chi connectivity index (χ2n) is 8.78. The lowest BCUT2D eigenvalue weighted by Crippen LogP contribution is -2.41. The van der Waals surface area contributed by atoms with Crippen LogP contribution < -0.4 is 10.1 Å². The number of hydrogen-bond acceptors (Lipinski definition) is 6. The number of piperidine rings is 1. The van der Waals surface area contributed by atoms with Crippen LogP contribution >= 0.6 is 11.6 Å². The summed E-state index contributed by atoms with van der Waals surface area (Å²) in [5.41, 5.74) is 0.276. The van der Waals surface area contributed by atoms with E-state index in [9.17, 15) is 14.4 Å². The van der Waals surface area contributed by atoms with Crippen LogP contribution in [0.15, 0.2) is 48.5 Å². The van der Waals surface area contributed by atoms with Gasteiger partial charge in [0.25, 0.3) is 5.91 Å². The summed E-state index contributed by atoms with van der Waals surface area (Å²) >= 11 is 5.84. The van der Waals surface area contributed by atoms with Gasteiger partial charge in [-0.2, -0.15) is 0 Å². The number of nitrogens with one attached hydrogen (secondary N) is 1. The van der Waals surface area contributed by atoms with Crippen molar-refractivity contribution in [2.75, 3.05) is 26.4 Å². The Hall–Kier alpha value is -3.26. The van der Waals surface area contributed by atoms with Gasteiger partial charge in [-0.25, -0.2) is 9.59 Å². The number of benzene rings is 2. The molecule has 2 aromatic rings. The van der Waals surface area contributed by atoms with Gasteiger partial charge in [-0.15, -0.1) is 0 Å². The third-order valence-corrected chi connectivity index (χ3v) is 5.83. The number of halogens is 1. The molecule has 3 rings (SSSR count). The number of rotatable bonds is 9. The van der Waals surface area contributed by atoms with Crippen molar-refractivity contribution in [2.45, 2.75) is 45.1 Å². The Kier molecular flexibility index (Phi) is 9.37. The van der Waals surface area contributed by atoms with Crippen LogP contribution in [0.5, 0.6) is 5.75 Å². The molecule has 0 unspecified atom stereocenters. The van der Waals surface area contributed by atoms with Gasteiger partial charge in [0.2, 0.25) is 6.79 Å². The lowest BCUT2D eigenvalue weighted by Gasteiger charge is -2.27. The largest absolute Gasteiger partial charge is 0.476 e. The normalized spacial score (nSPS) is 13.6. The minimum atomic E-state index is -1.27. The molecule has 8 nitrogen and oxygen atoms in total. The Labute approximate surface area is 210 Å². The Morgan fingerprint density at radius 2 is 1.60 bits per heavy atom. The van der Waals surface area contributed by atoms with Crippen LogP contribution in [0.2, 0.25) is 5.02 Å². The smallest absolute Gasteiger partial charge is 0.412 e. The van der Waals surface area contributed by atoms with E-state index in [-0.39, 0.29) is 5.91 Å². The Morgan fingerprint density at radius 1 is 0.943 bits per heavy atom. The first-order chi connectivity index (χ1) is 16.7. The molecule has 0 aliphatic carbocycles. The van der Waals surface area contributed by atoms with Crippen molar-refractivity contribution in [1.82, 2.24) is 10.2 Å². The quantitative estimate of drug-likeness (QED) is 0.398. The van der Waals surface area contributed by atoms with Crippen molar-refractivity contribution in [2.24, 2.45) is 0 Å². The Morgan fingerprint density at radius 3 is 2.26 bits per heavy atom. The molecule has 0 atom stereocenters. The lowest BCUT2D eigenvalue weighted by atomic mass is 10.1. The van der Waals surface area contributed by atoms with Crippen LogP contribution in [0, 0.1) is 0 Å². The molecule has 1 heterocycles. The lowest BCUT2D eigenvalue weighted by molar-refractivity contribution is -0.168. The zero-order valence-electron chi connectivity index (χ0n) is 20.1. The number of esters is 1. The second kappa shape index (κ2) is 12.4. The van der Waals surface area contributed by atoms with Gasteiger partial charge < -0.3 is 24.4 Å². The highest BCUT2D eigenvalue weighted by Crippen LogP contribution is 2.21. The SMILES string of the molecule is CC(C)(Oc1ccc(CCNC(=O)c2ccc(Cl)cc2)cc1)C(=O)OCOC(=O)N1CCCCC1. The number of amides is 2. The first-order valence-electron chi connectivity index (χ1n) is 11.7. The second-order valence-corrected chi connectivity index (χ2v) is 9.21. The molecule has 1 fully saturated rings. The summed E-state index contributed by atoms with van der Waals surface area (Å²) in [4.78, 5) is 38.2. The number of carbonyl (C=O) groups is 3. The molecule has 1 aliphatic rings. The molecule has 9 heteroatoms. The molecule has 35 heavy (non-hydrogen) atoms. The summed E-state index contributed by atoms with van der Waals surface area (Å²) in [5, 5.41) is 3.45. The molecule has 188 valence electrons. The minimum Gasteiger partial charge on any atom is -0.476 e. The number of nitrogens with zero attached hydrogens (tertiary/aromatic N) is 1. The first-order valence-corrected chi connectivity index (χ1v) is 12.0. The number of hydrogen-bond donors (Lipinski definition) is 1. The van der Waals surface area contributed by atoms with Gasteiger partial charge in [-0.05, 0) is 81.5 Å². The van der Waals surface area contributed by atoms with E-state index < -0.39 is 24.5 Å². The standard InChI is InChI=1S/C26H31ClN2O6/c1-26(2,24(31)33-18-34-25(32)29-16-4-3-5-17-29)35-22-12-6-19(7-13-22)14-15-28-23(30)20-8-10-21(27)11-9-20/h6-13H,3-5,14-18H2,1-2H3,(H,28,30). The fraction of sp³-hybridized carbons (Fsp3) is 0.423. The Balaban J connectivity index is 1.40. The van der Waals surface area contributed by atoms with E-state index in [1.165, 1.54) is 0 Å². The highest BCUT2D eigenvalue weighted by molar-refractivity contribution is 6.30. The van der Waals surface area contributed by atoms with Crippen LogP contribution in [0.1, 0.15) is 49.0 Å². The van der Waals surface area contributed by atoms with Crippen molar-refractivity contribution < 1.29 is 28.6 Å². The maximum absolute atomic E-state index is 12.4. The molecule has 1 saturated heterocycles. The van der Waals surface area contributed by atoms with Crippen LogP contribution in [0.25, 0.3) is 0 Å². The molecule has 1 N–H and O–H groups in total. The average molecular weight is 503 g/mol. The van der Waals surface area contributed by atoms with Crippen molar-refractivity contribution in [3.05, 3.63) is 64.7 Å². The van der Waals surface area contributed by atoms with Crippen LogP contribution in [-0.2, 0) is 20.7 Å². The van der Waals surface area contributed by atoms with Gasteiger partial charge in [0, 0.05) is 30.2 Å². The molecule has 0 bridgehead atoms. The van der Waals surface area contributed by atoms with Crippen molar-refractivity contribution in [3.63, 3.8) is 0 Å². The number of carbonyl (C=O) groups excluding carboxylic acids is 3. The summed E-state index contributed by atoms with van der Waals surface area (Å²) in [6.07, 6.45) is 3.16. The molecule has 0 spiro atoms. The molecule has 0 radical (unpaired) electrons. The maximum atomic E-state index is 12.4. The molecule has 0 aromatic heterocycles. The molecular formula is C26H31ClN2O6. The van der Waals surface area contributed by atoms with Crippen LogP contribution in [0.4, 0.5) is 4.79 Å². The zero-order valence-corrected chi connectivity index (χ0v) is 20.8. The van der Waals surface area contributed by atoms with Gasteiger partial charge in [-0.3, -0.25) is 4.79 Å². The third kappa shape index (κ3) is 8.17. The predicted molar refractivity (Wildman–Crippen MR) is 132 cm³/mol. The monoisotopic (exact) mass is 502 g/mol. The number of likely N-dealkylation sites (tertiary alicyclic amines) is 1. The van der Waals surface area contributed by atoms with Gasteiger partial charge in [0.1, 0.15) is 5.75 Å². The summed E-state index contributed by atoms with van der Waals surface area (Å²) in [7, 11) is 0. The zero-order chi connectivity index (χ0) is 25.3. The highest BCUT2D eigenvalue weighted by Gasteiger charge is 2.32. The first kappa shape index (κ1) is 26.3. The molecule has 2 aromatic carbocycles. The molecule has 0 saturated carbocycles. The topological polar surface area (TPSA) is 94.2 Å². The van der Waals surface area contributed by atoms with E-state index in [1.54, 1.807) is 55.1 Å². The predicted octanol–water partition coefficient (Wildman–Crippen LogP) is 4.59. The third-order valence-electron chi connectivity index (χ3n) is 5.58. The van der Waals surface area contributed by atoms with Gasteiger partial charge >= 0.3 is 12.1 Å². The summed E-state index contributed by atoms with van der Waals surface area (Å²) in [6.45, 7) is 4.50. The average Bonchev–Trinajstić information content (AvgIpc) is 2.85. The highest BCUT2D eigenvalue weighted by atomic mass is 35.5. The van der Waals surface area contributed by atoms with Gasteiger partial charge in [-0.1, -0.05) is 23.7 Å². The summed E-state index contributed by atoms with van der Waals surface area (Å²) < 4.78 is 16.0. The molecule has 1 aliphatic heterocycles. The van der Waals surface area contributed by atoms with Crippen LogP contribution in [-0.4, -0.2) is 54.9 Å². The fourth-order valence-electron chi connectivity index (χ4n) is 3.56. The van der Waals surface area contributed by atoms with E-state index in [0.717, 1.165) is 24.8 Å². The van der Waals surface area contributed by atoms with E-state index in [1.807, 2.05) is 12.1 Å².